The Balaban J connectivity index is 1.58. The molecule has 0 unspecified atom stereocenters. The van der Waals surface area contributed by atoms with Gasteiger partial charge in [0, 0.05) is 22.4 Å². The van der Waals surface area contributed by atoms with E-state index in [-0.39, 0.29) is 28.1 Å². The van der Waals surface area contributed by atoms with Crippen LogP contribution in [0, 0.1) is 0 Å². The standard InChI is InChI=1S/C31H41NO3S/c1-7-30(3,4)21-15-16-26(25(19-21)31(5,6)8-2)35-18-12-11-17-32-29(34)24-20-27(36)22-13-9-10-14-23(22)28(24)33/h9-10,13-16,19-20,33,36H,7-8,11-12,17-18H2,1-6H3,(H,32,34). The SMILES string of the molecule is CCC(C)(C)c1ccc(OCCCCNC(=O)c2cc(S)c3ccccc3c2O)c(C(C)(C)CC)c1. The molecule has 0 aliphatic carbocycles. The number of nitrogens with one attached hydrogen (secondary N) is 1. The molecule has 1 amide bonds. The van der Waals surface area contributed by atoms with Crippen molar-refractivity contribution in [2.45, 2.75) is 83.0 Å². The number of amides is 1. The van der Waals surface area contributed by atoms with Crippen LogP contribution in [0.5, 0.6) is 11.5 Å². The smallest absolute Gasteiger partial charge is 0.255 e. The zero-order valence-corrected chi connectivity index (χ0v) is 23.5. The number of thiol groups is 1. The average Bonchev–Trinajstić information content (AvgIpc) is 2.88. The molecule has 0 bridgehead atoms. The molecule has 194 valence electrons. The van der Waals surface area contributed by atoms with E-state index < -0.39 is 0 Å². The highest BCUT2D eigenvalue weighted by molar-refractivity contribution is 7.80. The third-order valence-electron chi connectivity index (χ3n) is 7.61. The Morgan fingerprint density at radius 1 is 0.944 bits per heavy atom. The summed E-state index contributed by atoms with van der Waals surface area (Å²) in [6, 6.07) is 15.7. The third kappa shape index (κ3) is 6.18. The summed E-state index contributed by atoms with van der Waals surface area (Å²) in [5.74, 6) is 0.643. The summed E-state index contributed by atoms with van der Waals surface area (Å²) in [7, 11) is 0. The molecule has 0 aliphatic heterocycles. The van der Waals surface area contributed by atoms with Gasteiger partial charge in [-0.1, -0.05) is 77.9 Å². The molecule has 36 heavy (non-hydrogen) atoms. The van der Waals surface area contributed by atoms with Crippen LogP contribution in [0.4, 0.5) is 0 Å². The number of carbonyl (C=O) groups is 1. The Bertz CT molecular complexity index is 1220. The van der Waals surface area contributed by atoms with E-state index in [1.165, 1.54) is 11.1 Å². The van der Waals surface area contributed by atoms with Crippen LogP contribution in [0.3, 0.4) is 0 Å². The van der Waals surface area contributed by atoms with Crippen LogP contribution in [0.15, 0.2) is 53.4 Å². The molecule has 0 heterocycles. The van der Waals surface area contributed by atoms with E-state index >= 15 is 0 Å². The van der Waals surface area contributed by atoms with Crippen molar-refractivity contribution < 1.29 is 14.6 Å². The van der Waals surface area contributed by atoms with Gasteiger partial charge in [-0.15, -0.1) is 12.6 Å². The minimum absolute atomic E-state index is 0.00926. The Morgan fingerprint density at radius 3 is 2.28 bits per heavy atom. The maximum atomic E-state index is 12.7. The minimum Gasteiger partial charge on any atom is -0.506 e. The molecule has 3 aromatic rings. The van der Waals surface area contributed by atoms with Crippen molar-refractivity contribution in [3.63, 3.8) is 0 Å². The van der Waals surface area contributed by atoms with E-state index in [0.29, 0.717) is 23.4 Å². The Morgan fingerprint density at radius 2 is 1.61 bits per heavy atom. The van der Waals surface area contributed by atoms with Crippen LogP contribution < -0.4 is 10.1 Å². The van der Waals surface area contributed by atoms with Crippen LogP contribution in [-0.2, 0) is 10.8 Å². The summed E-state index contributed by atoms with van der Waals surface area (Å²) in [4.78, 5) is 13.4. The van der Waals surface area contributed by atoms with Gasteiger partial charge in [0.15, 0.2) is 0 Å². The molecular formula is C31H41NO3S. The van der Waals surface area contributed by atoms with Crippen LogP contribution in [0.25, 0.3) is 10.8 Å². The molecule has 0 saturated heterocycles. The quantitative estimate of drug-likeness (QED) is 0.183. The molecule has 0 spiro atoms. The van der Waals surface area contributed by atoms with Gasteiger partial charge in [-0.25, -0.2) is 0 Å². The monoisotopic (exact) mass is 507 g/mol. The summed E-state index contributed by atoms with van der Waals surface area (Å²) in [6.45, 7) is 14.6. The Labute approximate surface area is 221 Å². The number of aromatic hydroxyl groups is 1. The molecule has 4 nitrogen and oxygen atoms in total. The number of benzene rings is 3. The lowest BCUT2D eigenvalue weighted by atomic mass is 9.76. The highest BCUT2D eigenvalue weighted by Gasteiger charge is 2.26. The van der Waals surface area contributed by atoms with Gasteiger partial charge in [0.1, 0.15) is 11.5 Å². The molecule has 0 radical (unpaired) electrons. The summed E-state index contributed by atoms with van der Waals surface area (Å²) in [6.07, 6.45) is 3.70. The van der Waals surface area contributed by atoms with Gasteiger partial charge < -0.3 is 15.2 Å². The number of carbonyl (C=O) groups excluding carboxylic acids is 1. The van der Waals surface area contributed by atoms with Crippen molar-refractivity contribution in [3.8, 4) is 11.5 Å². The second kappa shape index (κ2) is 11.6. The molecular weight excluding hydrogens is 466 g/mol. The van der Waals surface area contributed by atoms with Gasteiger partial charge in [0.2, 0.25) is 0 Å². The first-order valence-corrected chi connectivity index (χ1v) is 13.5. The van der Waals surface area contributed by atoms with Gasteiger partial charge in [0.25, 0.3) is 5.91 Å². The molecule has 0 aromatic heterocycles. The van der Waals surface area contributed by atoms with Crippen molar-refractivity contribution in [1.29, 1.82) is 0 Å². The molecule has 3 aromatic carbocycles. The summed E-state index contributed by atoms with van der Waals surface area (Å²) < 4.78 is 6.24. The van der Waals surface area contributed by atoms with Crippen molar-refractivity contribution in [3.05, 3.63) is 65.2 Å². The fourth-order valence-corrected chi connectivity index (χ4v) is 4.54. The highest BCUT2D eigenvalue weighted by atomic mass is 32.1. The number of hydrogen-bond donors (Lipinski definition) is 3. The molecule has 0 saturated carbocycles. The van der Waals surface area contributed by atoms with Crippen LogP contribution in [-0.4, -0.2) is 24.2 Å². The minimum atomic E-state index is -0.296. The van der Waals surface area contributed by atoms with Crippen molar-refractivity contribution in [2.24, 2.45) is 0 Å². The van der Waals surface area contributed by atoms with E-state index in [1.807, 2.05) is 18.2 Å². The first kappa shape index (κ1) is 27.9. The Hall–Kier alpha value is -2.66. The number of unbranched alkanes of at least 4 members (excludes halogenated alkanes) is 1. The summed E-state index contributed by atoms with van der Waals surface area (Å²) in [5.41, 5.74) is 3.00. The topological polar surface area (TPSA) is 58.6 Å². The van der Waals surface area contributed by atoms with Crippen molar-refractivity contribution in [1.82, 2.24) is 5.32 Å². The third-order valence-corrected chi connectivity index (χ3v) is 7.98. The van der Waals surface area contributed by atoms with E-state index in [4.69, 9.17) is 4.74 Å². The predicted molar refractivity (Wildman–Crippen MR) is 153 cm³/mol. The largest absolute Gasteiger partial charge is 0.506 e. The molecule has 0 fully saturated rings. The lowest BCUT2D eigenvalue weighted by molar-refractivity contribution is 0.0949. The Kier molecular flexibility index (Phi) is 8.99. The highest BCUT2D eigenvalue weighted by Crippen LogP contribution is 2.38. The van der Waals surface area contributed by atoms with Gasteiger partial charge in [-0.05, 0) is 59.6 Å². The van der Waals surface area contributed by atoms with Crippen LogP contribution in [0.1, 0.15) is 88.7 Å². The first-order chi connectivity index (χ1) is 17.0. The molecule has 0 aliphatic rings. The van der Waals surface area contributed by atoms with Gasteiger partial charge in [-0.3, -0.25) is 4.79 Å². The molecule has 2 N–H and O–H groups in total. The van der Waals surface area contributed by atoms with Gasteiger partial charge in [0.05, 0.1) is 12.2 Å². The number of fused-ring (bicyclic) bond motifs is 1. The fraction of sp³-hybridized carbons (Fsp3) is 0.452. The van der Waals surface area contributed by atoms with Gasteiger partial charge >= 0.3 is 0 Å². The second-order valence-corrected chi connectivity index (χ2v) is 11.3. The number of ether oxygens (including phenoxy) is 1. The van der Waals surface area contributed by atoms with Gasteiger partial charge in [-0.2, -0.15) is 0 Å². The fourth-order valence-electron chi connectivity index (χ4n) is 4.22. The number of rotatable bonds is 11. The normalized spacial score (nSPS) is 12.1. The zero-order valence-electron chi connectivity index (χ0n) is 22.6. The average molecular weight is 508 g/mol. The van der Waals surface area contributed by atoms with E-state index in [2.05, 4.69) is 77.7 Å². The predicted octanol–water partition coefficient (Wildman–Crippen LogP) is 7.80. The molecule has 0 atom stereocenters. The van der Waals surface area contributed by atoms with Crippen LogP contribution in [0.2, 0.25) is 0 Å². The molecule has 5 heteroatoms. The molecule has 3 rings (SSSR count). The summed E-state index contributed by atoms with van der Waals surface area (Å²) in [5, 5.41) is 15.0. The van der Waals surface area contributed by atoms with Crippen LogP contribution >= 0.6 is 12.6 Å². The number of phenolic OH excluding ortho intramolecular Hbond substituents is 1. The number of phenols is 1. The lowest BCUT2D eigenvalue weighted by Gasteiger charge is -2.30. The van der Waals surface area contributed by atoms with Crippen molar-refractivity contribution in [2.75, 3.05) is 13.2 Å². The maximum Gasteiger partial charge on any atom is 0.255 e. The lowest BCUT2D eigenvalue weighted by Crippen LogP contribution is -2.25. The van der Waals surface area contributed by atoms with Crippen molar-refractivity contribution >= 4 is 29.3 Å². The summed E-state index contributed by atoms with van der Waals surface area (Å²) >= 11 is 4.49. The van der Waals surface area contributed by atoms with E-state index in [1.54, 1.807) is 12.1 Å². The zero-order chi connectivity index (χ0) is 26.5. The first-order valence-electron chi connectivity index (χ1n) is 13.0. The van der Waals surface area contributed by atoms with E-state index in [9.17, 15) is 9.90 Å². The number of hydrogen-bond acceptors (Lipinski definition) is 4. The van der Waals surface area contributed by atoms with E-state index in [0.717, 1.165) is 36.8 Å². The maximum absolute atomic E-state index is 12.7. The second-order valence-electron chi connectivity index (χ2n) is 10.8.